The van der Waals surface area contributed by atoms with Crippen molar-refractivity contribution in [1.82, 2.24) is 0 Å². The molecule has 3 nitrogen and oxygen atoms in total. The van der Waals surface area contributed by atoms with Crippen LogP contribution >= 0.6 is 0 Å². The molecule has 0 atom stereocenters. The lowest BCUT2D eigenvalue weighted by molar-refractivity contribution is 0.415. The van der Waals surface area contributed by atoms with E-state index in [1.54, 1.807) is 7.11 Å². The molecule has 14 heavy (non-hydrogen) atoms. The summed E-state index contributed by atoms with van der Waals surface area (Å²) in [6.45, 7) is 2.21. The van der Waals surface area contributed by atoms with E-state index in [-0.39, 0.29) is 5.54 Å². The number of anilines is 2. The van der Waals surface area contributed by atoms with Gasteiger partial charge in [0.1, 0.15) is 5.75 Å². The summed E-state index contributed by atoms with van der Waals surface area (Å²) in [6, 6.07) is 5.73. The molecule has 0 bridgehead atoms. The Morgan fingerprint density at radius 3 is 2.64 bits per heavy atom. The summed E-state index contributed by atoms with van der Waals surface area (Å²) in [6.07, 6.45) is 2.44. The van der Waals surface area contributed by atoms with Crippen LogP contribution in [0.2, 0.25) is 0 Å². The molecule has 0 amide bonds. The molecule has 2 rings (SSSR count). The van der Waals surface area contributed by atoms with Gasteiger partial charge < -0.3 is 15.8 Å². The summed E-state index contributed by atoms with van der Waals surface area (Å²) in [4.78, 5) is 0. The smallest absolute Gasteiger partial charge is 0.121 e. The van der Waals surface area contributed by atoms with E-state index in [1.807, 2.05) is 18.2 Å². The molecule has 1 aromatic carbocycles. The van der Waals surface area contributed by atoms with Crippen LogP contribution in [0.5, 0.6) is 5.75 Å². The Morgan fingerprint density at radius 1 is 1.43 bits per heavy atom. The Kier molecular flexibility index (Phi) is 2.02. The summed E-state index contributed by atoms with van der Waals surface area (Å²) in [5.41, 5.74) is 7.91. The highest BCUT2D eigenvalue weighted by Crippen LogP contribution is 2.39. The van der Waals surface area contributed by atoms with E-state index in [4.69, 9.17) is 10.5 Å². The van der Waals surface area contributed by atoms with Crippen LogP contribution in [0.3, 0.4) is 0 Å². The second kappa shape index (κ2) is 3.08. The molecule has 1 aliphatic carbocycles. The van der Waals surface area contributed by atoms with E-state index in [9.17, 15) is 0 Å². The third-order valence-electron chi connectivity index (χ3n) is 2.70. The first-order valence-corrected chi connectivity index (χ1v) is 4.85. The van der Waals surface area contributed by atoms with Crippen LogP contribution in [0.4, 0.5) is 11.4 Å². The molecule has 1 saturated carbocycles. The number of methoxy groups -OCH3 is 1. The lowest BCUT2D eigenvalue weighted by atomic mass is 10.2. The molecular weight excluding hydrogens is 176 g/mol. The fraction of sp³-hybridized carbons (Fsp3) is 0.455. The molecule has 0 aliphatic heterocycles. The topological polar surface area (TPSA) is 47.3 Å². The normalized spacial score (nSPS) is 17.6. The van der Waals surface area contributed by atoms with Crippen molar-refractivity contribution in [2.75, 3.05) is 18.2 Å². The van der Waals surface area contributed by atoms with Gasteiger partial charge in [0.2, 0.25) is 0 Å². The molecule has 1 aliphatic rings. The minimum absolute atomic E-state index is 0.267. The Bertz CT molecular complexity index is 345. The van der Waals surface area contributed by atoms with Crippen LogP contribution in [0.25, 0.3) is 0 Å². The van der Waals surface area contributed by atoms with Gasteiger partial charge >= 0.3 is 0 Å². The van der Waals surface area contributed by atoms with E-state index < -0.39 is 0 Å². The fourth-order valence-electron chi connectivity index (χ4n) is 1.42. The molecule has 3 N–H and O–H groups in total. The maximum absolute atomic E-state index is 5.89. The van der Waals surface area contributed by atoms with Crippen molar-refractivity contribution >= 4 is 11.4 Å². The van der Waals surface area contributed by atoms with Gasteiger partial charge in [-0.2, -0.15) is 0 Å². The van der Waals surface area contributed by atoms with E-state index >= 15 is 0 Å². The van der Waals surface area contributed by atoms with Crippen molar-refractivity contribution in [1.29, 1.82) is 0 Å². The van der Waals surface area contributed by atoms with Crippen molar-refractivity contribution in [3.05, 3.63) is 18.2 Å². The van der Waals surface area contributed by atoms with Gasteiger partial charge in [-0.25, -0.2) is 0 Å². The maximum Gasteiger partial charge on any atom is 0.121 e. The summed E-state index contributed by atoms with van der Waals surface area (Å²) in [5.74, 6) is 0.800. The first-order chi connectivity index (χ1) is 6.63. The van der Waals surface area contributed by atoms with Crippen LogP contribution in [0, 0.1) is 0 Å². The Labute approximate surface area is 84.3 Å². The lowest BCUT2D eigenvalue weighted by Crippen LogP contribution is -2.16. The third kappa shape index (κ3) is 1.76. The van der Waals surface area contributed by atoms with Crippen LogP contribution in [0.15, 0.2) is 18.2 Å². The number of hydrogen-bond donors (Lipinski definition) is 2. The predicted octanol–water partition coefficient (Wildman–Crippen LogP) is 2.24. The van der Waals surface area contributed by atoms with E-state index in [1.165, 1.54) is 12.8 Å². The summed E-state index contributed by atoms with van der Waals surface area (Å²) in [7, 11) is 1.64. The van der Waals surface area contributed by atoms with E-state index in [0.717, 1.165) is 17.1 Å². The van der Waals surface area contributed by atoms with Gasteiger partial charge in [0.25, 0.3) is 0 Å². The van der Waals surface area contributed by atoms with Gasteiger partial charge in [-0.05, 0) is 31.9 Å². The van der Waals surface area contributed by atoms with Crippen molar-refractivity contribution in [3.8, 4) is 5.75 Å². The van der Waals surface area contributed by atoms with Crippen LogP contribution in [0.1, 0.15) is 19.8 Å². The Balaban J connectivity index is 2.17. The maximum atomic E-state index is 5.89. The van der Waals surface area contributed by atoms with Gasteiger partial charge in [-0.1, -0.05) is 0 Å². The molecule has 0 saturated heterocycles. The second-order valence-corrected chi connectivity index (χ2v) is 4.14. The molecule has 1 fully saturated rings. The van der Waals surface area contributed by atoms with Gasteiger partial charge in [0, 0.05) is 11.6 Å². The third-order valence-corrected chi connectivity index (χ3v) is 2.70. The van der Waals surface area contributed by atoms with Crippen LogP contribution < -0.4 is 15.8 Å². The first kappa shape index (κ1) is 9.19. The molecular formula is C11H16N2O. The molecule has 3 heteroatoms. The zero-order valence-electron chi connectivity index (χ0n) is 8.63. The standard InChI is InChI=1S/C11H16N2O/c1-11(5-6-11)13-10-4-3-8(14-2)7-9(10)12/h3-4,7,13H,5-6,12H2,1-2H3. The number of nitrogen functional groups attached to an aromatic ring is 1. The summed E-state index contributed by atoms with van der Waals surface area (Å²) < 4.78 is 5.09. The number of nitrogens with one attached hydrogen (secondary N) is 1. The molecule has 0 unspecified atom stereocenters. The lowest BCUT2D eigenvalue weighted by Gasteiger charge is -2.15. The Hall–Kier alpha value is -1.38. The van der Waals surface area contributed by atoms with Crippen LogP contribution in [-0.4, -0.2) is 12.6 Å². The summed E-state index contributed by atoms with van der Waals surface area (Å²) >= 11 is 0. The van der Waals surface area contributed by atoms with Crippen molar-refractivity contribution in [2.24, 2.45) is 0 Å². The SMILES string of the molecule is COc1ccc(NC2(C)CC2)c(N)c1. The minimum Gasteiger partial charge on any atom is -0.497 e. The van der Waals surface area contributed by atoms with Crippen molar-refractivity contribution in [3.63, 3.8) is 0 Å². The van der Waals surface area contributed by atoms with Crippen molar-refractivity contribution < 1.29 is 4.74 Å². The summed E-state index contributed by atoms with van der Waals surface area (Å²) in [5, 5.41) is 3.43. The van der Waals surface area contributed by atoms with Crippen LogP contribution in [-0.2, 0) is 0 Å². The highest BCUT2D eigenvalue weighted by atomic mass is 16.5. The number of ether oxygens (including phenoxy) is 1. The minimum atomic E-state index is 0.267. The van der Waals surface area contributed by atoms with Gasteiger partial charge in [0.15, 0.2) is 0 Å². The number of benzene rings is 1. The van der Waals surface area contributed by atoms with Gasteiger partial charge in [-0.3, -0.25) is 0 Å². The quantitative estimate of drug-likeness (QED) is 0.722. The highest BCUT2D eigenvalue weighted by Gasteiger charge is 2.37. The molecule has 0 aromatic heterocycles. The van der Waals surface area contributed by atoms with Crippen molar-refractivity contribution in [2.45, 2.75) is 25.3 Å². The second-order valence-electron chi connectivity index (χ2n) is 4.14. The zero-order valence-corrected chi connectivity index (χ0v) is 8.63. The van der Waals surface area contributed by atoms with Gasteiger partial charge in [-0.15, -0.1) is 0 Å². The molecule has 0 radical (unpaired) electrons. The molecule has 76 valence electrons. The zero-order chi connectivity index (χ0) is 10.2. The average Bonchev–Trinajstić information content (AvgIpc) is 2.88. The van der Waals surface area contributed by atoms with E-state index in [0.29, 0.717) is 0 Å². The van der Waals surface area contributed by atoms with Gasteiger partial charge in [0.05, 0.1) is 18.5 Å². The molecule has 0 spiro atoms. The largest absolute Gasteiger partial charge is 0.497 e. The first-order valence-electron chi connectivity index (χ1n) is 4.85. The van der Waals surface area contributed by atoms with E-state index in [2.05, 4.69) is 12.2 Å². The molecule has 0 heterocycles. The Morgan fingerprint density at radius 2 is 2.14 bits per heavy atom. The number of nitrogens with two attached hydrogens (primary N) is 1. The predicted molar refractivity (Wildman–Crippen MR) is 58.7 cm³/mol. The highest BCUT2D eigenvalue weighted by molar-refractivity contribution is 5.69. The molecule has 1 aromatic rings. The number of hydrogen-bond acceptors (Lipinski definition) is 3. The average molecular weight is 192 g/mol. The monoisotopic (exact) mass is 192 g/mol. The number of rotatable bonds is 3. The fourth-order valence-corrected chi connectivity index (χ4v) is 1.42.